The van der Waals surface area contributed by atoms with E-state index in [1.165, 1.54) is 0 Å². The summed E-state index contributed by atoms with van der Waals surface area (Å²) in [5, 5.41) is 13.1. The van der Waals surface area contributed by atoms with Crippen molar-refractivity contribution in [1.29, 1.82) is 0 Å². The molecule has 0 aliphatic rings. The summed E-state index contributed by atoms with van der Waals surface area (Å²) in [5.41, 5.74) is 1.75. The first-order valence-electron chi connectivity index (χ1n) is 3.22. The molecule has 0 bridgehead atoms. The van der Waals surface area contributed by atoms with Gasteiger partial charge in [0.15, 0.2) is 0 Å². The smallest absolute Gasteiger partial charge is 0.116 e. The molecule has 1 unspecified atom stereocenters. The molecule has 3 heteroatoms. The molecule has 0 saturated heterocycles. The molecular formula is C7H11N2O. The van der Waals surface area contributed by atoms with Crippen molar-refractivity contribution in [3.05, 3.63) is 17.5 Å². The summed E-state index contributed by atoms with van der Waals surface area (Å²) in [7, 11) is 1.80. The Morgan fingerprint density at radius 3 is 2.50 bits per heavy atom. The first-order valence-corrected chi connectivity index (χ1v) is 3.22. The Kier molecular flexibility index (Phi) is 1.76. The molecule has 0 aliphatic heterocycles. The summed E-state index contributed by atoms with van der Waals surface area (Å²) in [4.78, 5) is 0. The molecule has 1 N–H and O–H groups in total. The summed E-state index contributed by atoms with van der Waals surface area (Å²) in [6.45, 7) is 3.60. The van der Waals surface area contributed by atoms with E-state index < -0.39 is 6.10 Å². The minimum absolute atomic E-state index is 0.455. The second-order valence-corrected chi connectivity index (χ2v) is 2.42. The molecule has 0 fully saturated rings. The number of hydrogen-bond donors (Lipinski definition) is 1. The second kappa shape index (κ2) is 2.42. The maximum atomic E-state index is 9.19. The monoisotopic (exact) mass is 139 g/mol. The lowest BCUT2D eigenvalue weighted by Gasteiger charge is -2.04. The van der Waals surface area contributed by atoms with Crippen molar-refractivity contribution in [2.45, 2.75) is 20.0 Å². The number of rotatable bonds is 1. The van der Waals surface area contributed by atoms with Gasteiger partial charge in [-0.15, -0.1) is 0 Å². The highest BCUT2D eigenvalue weighted by molar-refractivity contribution is 5.15. The standard InChI is InChI=1S/C7H11N2O/c1-5-4-8-9(3)7(5)6(2)10/h6,10H,1-3H3. The van der Waals surface area contributed by atoms with E-state index in [0.29, 0.717) is 0 Å². The summed E-state index contributed by atoms with van der Waals surface area (Å²) in [5.74, 6) is 0. The molecule has 3 nitrogen and oxygen atoms in total. The molecule has 0 amide bonds. The molecule has 1 rings (SSSR count). The van der Waals surface area contributed by atoms with Crippen LogP contribution >= 0.6 is 0 Å². The van der Waals surface area contributed by atoms with Crippen LogP contribution in [0, 0.1) is 13.1 Å². The molecular weight excluding hydrogens is 128 g/mol. The number of hydrogen-bond acceptors (Lipinski definition) is 2. The Labute approximate surface area is 60.3 Å². The van der Waals surface area contributed by atoms with Gasteiger partial charge in [0.1, 0.15) is 6.20 Å². The van der Waals surface area contributed by atoms with E-state index in [2.05, 4.69) is 11.3 Å². The van der Waals surface area contributed by atoms with Gasteiger partial charge in [-0.05, 0) is 13.8 Å². The fourth-order valence-corrected chi connectivity index (χ4v) is 1.09. The zero-order chi connectivity index (χ0) is 7.72. The second-order valence-electron chi connectivity index (χ2n) is 2.42. The van der Waals surface area contributed by atoms with E-state index >= 15 is 0 Å². The summed E-state index contributed by atoms with van der Waals surface area (Å²) >= 11 is 0. The quantitative estimate of drug-likeness (QED) is 0.618. The molecule has 0 aromatic carbocycles. The van der Waals surface area contributed by atoms with Gasteiger partial charge in [0.2, 0.25) is 0 Å². The third kappa shape index (κ3) is 1.04. The van der Waals surface area contributed by atoms with Crippen molar-refractivity contribution in [3.63, 3.8) is 0 Å². The van der Waals surface area contributed by atoms with Crippen LogP contribution in [0.25, 0.3) is 0 Å². The Hall–Kier alpha value is -0.830. The van der Waals surface area contributed by atoms with Crippen LogP contribution in [-0.4, -0.2) is 14.9 Å². The van der Waals surface area contributed by atoms with Crippen LogP contribution in [0.5, 0.6) is 0 Å². The van der Waals surface area contributed by atoms with Crippen LogP contribution in [0.2, 0.25) is 0 Å². The van der Waals surface area contributed by atoms with Crippen molar-refractivity contribution in [2.24, 2.45) is 7.05 Å². The molecule has 1 aromatic rings. The van der Waals surface area contributed by atoms with E-state index in [-0.39, 0.29) is 0 Å². The molecule has 1 atom stereocenters. The van der Waals surface area contributed by atoms with E-state index in [1.807, 2.05) is 6.92 Å². The maximum absolute atomic E-state index is 9.19. The van der Waals surface area contributed by atoms with Gasteiger partial charge in [-0.25, -0.2) is 0 Å². The zero-order valence-electron chi connectivity index (χ0n) is 6.42. The number of aliphatic hydroxyl groups is 1. The van der Waals surface area contributed by atoms with Crippen molar-refractivity contribution in [2.75, 3.05) is 0 Å². The van der Waals surface area contributed by atoms with Crippen molar-refractivity contribution in [1.82, 2.24) is 9.78 Å². The largest absolute Gasteiger partial charge is 0.387 e. The molecule has 1 radical (unpaired) electrons. The average Bonchev–Trinajstić information content (AvgIpc) is 2.11. The summed E-state index contributed by atoms with van der Waals surface area (Å²) < 4.78 is 1.64. The van der Waals surface area contributed by atoms with Gasteiger partial charge in [0.25, 0.3) is 0 Å². The van der Waals surface area contributed by atoms with Crippen molar-refractivity contribution >= 4 is 0 Å². The van der Waals surface area contributed by atoms with Crippen LogP contribution in [0.15, 0.2) is 0 Å². The molecule has 0 aliphatic carbocycles. The number of aromatic nitrogens is 2. The lowest BCUT2D eigenvalue weighted by Crippen LogP contribution is -2.02. The van der Waals surface area contributed by atoms with Gasteiger partial charge in [0.05, 0.1) is 11.8 Å². The molecule has 0 spiro atoms. The van der Waals surface area contributed by atoms with Gasteiger partial charge < -0.3 is 5.11 Å². The van der Waals surface area contributed by atoms with Crippen LogP contribution in [-0.2, 0) is 7.05 Å². The van der Waals surface area contributed by atoms with Crippen LogP contribution in [0.4, 0.5) is 0 Å². The Morgan fingerprint density at radius 2 is 2.30 bits per heavy atom. The average molecular weight is 139 g/mol. The third-order valence-electron chi connectivity index (χ3n) is 1.50. The fourth-order valence-electron chi connectivity index (χ4n) is 1.09. The van der Waals surface area contributed by atoms with Gasteiger partial charge in [-0.1, -0.05) is 0 Å². The highest BCUT2D eigenvalue weighted by atomic mass is 16.3. The Balaban J connectivity index is 3.10. The normalized spacial score (nSPS) is 13.6. The van der Waals surface area contributed by atoms with Crippen LogP contribution in [0.1, 0.15) is 24.3 Å². The molecule has 55 valence electrons. The summed E-state index contributed by atoms with van der Waals surface area (Å²) in [6, 6.07) is 0. The minimum Gasteiger partial charge on any atom is -0.387 e. The fraction of sp³-hybridized carbons (Fsp3) is 0.571. The van der Waals surface area contributed by atoms with Crippen LogP contribution in [0.3, 0.4) is 0 Å². The van der Waals surface area contributed by atoms with E-state index in [4.69, 9.17) is 0 Å². The highest BCUT2D eigenvalue weighted by Gasteiger charge is 2.09. The number of nitrogens with zero attached hydrogens (tertiary/aromatic N) is 2. The molecule has 0 saturated carbocycles. The van der Waals surface area contributed by atoms with Gasteiger partial charge in [0, 0.05) is 12.6 Å². The van der Waals surface area contributed by atoms with Crippen molar-refractivity contribution in [3.8, 4) is 0 Å². The summed E-state index contributed by atoms with van der Waals surface area (Å²) in [6.07, 6.45) is 2.32. The predicted molar refractivity (Wildman–Crippen MR) is 37.4 cm³/mol. The topological polar surface area (TPSA) is 38.0 Å². The van der Waals surface area contributed by atoms with E-state index in [0.717, 1.165) is 11.3 Å². The Morgan fingerprint density at radius 1 is 1.70 bits per heavy atom. The lowest BCUT2D eigenvalue weighted by atomic mass is 10.2. The Bertz CT molecular complexity index is 208. The predicted octanol–water partition coefficient (Wildman–Crippen LogP) is 0.582. The maximum Gasteiger partial charge on any atom is 0.116 e. The van der Waals surface area contributed by atoms with Crippen LogP contribution < -0.4 is 0 Å². The van der Waals surface area contributed by atoms with E-state index in [1.54, 1.807) is 18.7 Å². The molecule has 1 aromatic heterocycles. The molecule has 10 heavy (non-hydrogen) atoms. The highest BCUT2D eigenvalue weighted by Crippen LogP contribution is 2.13. The number of aryl methyl sites for hydroxylation is 2. The number of aliphatic hydroxyl groups excluding tert-OH is 1. The van der Waals surface area contributed by atoms with E-state index in [9.17, 15) is 5.11 Å². The first-order chi connectivity index (χ1) is 4.63. The minimum atomic E-state index is -0.455. The third-order valence-corrected chi connectivity index (χ3v) is 1.50. The van der Waals surface area contributed by atoms with Gasteiger partial charge >= 0.3 is 0 Å². The lowest BCUT2D eigenvalue weighted by molar-refractivity contribution is 0.188. The first kappa shape index (κ1) is 7.28. The van der Waals surface area contributed by atoms with Crippen molar-refractivity contribution < 1.29 is 5.11 Å². The zero-order valence-corrected chi connectivity index (χ0v) is 6.42. The molecule has 1 heterocycles. The van der Waals surface area contributed by atoms with Gasteiger partial charge in [-0.2, -0.15) is 5.10 Å². The SMILES string of the molecule is Cc1[c]nn(C)c1C(C)O. The van der Waals surface area contributed by atoms with Gasteiger partial charge in [-0.3, -0.25) is 4.68 Å².